The maximum Gasteiger partial charge on any atom is 0.313 e. The van der Waals surface area contributed by atoms with Crippen molar-refractivity contribution in [3.63, 3.8) is 0 Å². The lowest BCUT2D eigenvalue weighted by Gasteiger charge is -2.14. The van der Waals surface area contributed by atoms with Crippen molar-refractivity contribution in [2.75, 3.05) is 23.1 Å². The summed E-state index contributed by atoms with van der Waals surface area (Å²) in [6, 6.07) is 7.24. The molecule has 1 aromatic carbocycles. The van der Waals surface area contributed by atoms with Crippen LogP contribution in [0.4, 0.5) is 5.69 Å². The molecule has 1 aliphatic carbocycles. The molecule has 1 amide bonds. The van der Waals surface area contributed by atoms with E-state index >= 15 is 0 Å². The summed E-state index contributed by atoms with van der Waals surface area (Å²) < 4.78 is 22.9. The summed E-state index contributed by atoms with van der Waals surface area (Å²) in [7, 11) is -3.09. The molecule has 0 unspecified atom stereocenters. The molecule has 0 radical (unpaired) electrons. The average molecular weight is 371 g/mol. The van der Waals surface area contributed by atoms with Crippen LogP contribution in [0.1, 0.15) is 24.8 Å². The van der Waals surface area contributed by atoms with Crippen molar-refractivity contribution in [3.05, 3.63) is 29.8 Å². The highest BCUT2D eigenvalue weighted by atomic mass is 32.2. The second-order valence-corrected chi connectivity index (χ2v) is 9.51. The number of carbonyl (C=O) groups is 2. The first-order valence-electron chi connectivity index (χ1n) is 7.54. The van der Waals surface area contributed by atoms with Crippen molar-refractivity contribution in [1.82, 2.24) is 0 Å². The van der Waals surface area contributed by atoms with Crippen LogP contribution in [0.2, 0.25) is 0 Å². The van der Waals surface area contributed by atoms with Crippen molar-refractivity contribution in [1.29, 1.82) is 0 Å². The molecule has 8 heteroatoms. The SMILES string of the molecule is CS(=O)(=O)CC1(CC(=O)Nc2cccc(CSCC(=O)O)c2)CC1. The molecule has 0 spiro atoms. The predicted molar refractivity (Wildman–Crippen MR) is 94.9 cm³/mol. The summed E-state index contributed by atoms with van der Waals surface area (Å²) in [5.74, 6) is -0.408. The Morgan fingerprint density at radius 3 is 2.62 bits per heavy atom. The quantitative estimate of drug-likeness (QED) is 0.690. The molecule has 6 nitrogen and oxygen atoms in total. The van der Waals surface area contributed by atoms with Crippen LogP contribution in [0.25, 0.3) is 0 Å². The molecule has 2 rings (SSSR count). The third-order valence-corrected chi connectivity index (χ3v) is 5.89. The van der Waals surface area contributed by atoms with Crippen LogP contribution in [0.15, 0.2) is 24.3 Å². The molecule has 0 aliphatic heterocycles. The van der Waals surface area contributed by atoms with Gasteiger partial charge in [-0.25, -0.2) is 8.42 Å². The van der Waals surface area contributed by atoms with E-state index in [1.165, 1.54) is 18.0 Å². The number of carboxylic acid groups (broad SMARTS) is 1. The summed E-state index contributed by atoms with van der Waals surface area (Å²) in [6.45, 7) is 0. The highest BCUT2D eigenvalue weighted by molar-refractivity contribution is 7.99. The zero-order valence-corrected chi connectivity index (χ0v) is 15.1. The number of nitrogens with one attached hydrogen (secondary N) is 1. The van der Waals surface area contributed by atoms with Crippen molar-refractivity contribution >= 4 is 39.2 Å². The highest BCUT2D eigenvalue weighted by Gasteiger charge is 2.46. The van der Waals surface area contributed by atoms with Gasteiger partial charge in [0, 0.05) is 24.1 Å². The Morgan fingerprint density at radius 2 is 2.04 bits per heavy atom. The lowest BCUT2D eigenvalue weighted by Crippen LogP contribution is -2.23. The zero-order valence-electron chi connectivity index (χ0n) is 13.4. The lowest BCUT2D eigenvalue weighted by atomic mass is 10.1. The van der Waals surface area contributed by atoms with Crippen LogP contribution in [0.5, 0.6) is 0 Å². The normalized spacial score (nSPS) is 15.7. The fourth-order valence-corrected chi connectivity index (χ4v) is 4.84. The largest absolute Gasteiger partial charge is 0.481 e. The van der Waals surface area contributed by atoms with Gasteiger partial charge >= 0.3 is 5.97 Å². The van der Waals surface area contributed by atoms with E-state index in [2.05, 4.69) is 5.32 Å². The second-order valence-electron chi connectivity index (χ2n) is 6.38. The van der Waals surface area contributed by atoms with E-state index in [4.69, 9.17) is 5.11 Å². The fourth-order valence-electron chi connectivity index (χ4n) is 2.65. The maximum absolute atomic E-state index is 12.2. The van der Waals surface area contributed by atoms with Crippen LogP contribution in [-0.4, -0.2) is 43.2 Å². The number of benzene rings is 1. The van der Waals surface area contributed by atoms with Crippen molar-refractivity contribution in [2.45, 2.75) is 25.0 Å². The van der Waals surface area contributed by atoms with E-state index in [9.17, 15) is 18.0 Å². The number of rotatable bonds is 9. The minimum atomic E-state index is -3.09. The summed E-state index contributed by atoms with van der Waals surface area (Å²) in [4.78, 5) is 22.7. The van der Waals surface area contributed by atoms with Gasteiger partial charge in [0.15, 0.2) is 0 Å². The first-order valence-corrected chi connectivity index (χ1v) is 10.8. The molecule has 132 valence electrons. The lowest BCUT2D eigenvalue weighted by molar-refractivity contribution is -0.133. The number of hydrogen-bond donors (Lipinski definition) is 2. The molecular weight excluding hydrogens is 350 g/mol. The summed E-state index contributed by atoms with van der Waals surface area (Å²) in [5, 5.41) is 11.4. The van der Waals surface area contributed by atoms with Gasteiger partial charge in [0.2, 0.25) is 5.91 Å². The van der Waals surface area contributed by atoms with Gasteiger partial charge in [-0.1, -0.05) is 12.1 Å². The monoisotopic (exact) mass is 371 g/mol. The first kappa shape index (κ1) is 18.8. The number of hydrogen-bond acceptors (Lipinski definition) is 5. The molecule has 1 saturated carbocycles. The van der Waals surface area contributed by atoms with E-state index in [-0.39, 0.29) is 23.8 Å². The van der Waals surface area contributed by atoms with Crippen LogP contribution in [0.3, 0.4) is 0 Å². The van der Waals surface area contributed by atoms with Crippen molar-refractivity contribution in [2.24, 2.45) is 5.41 Å². The van der Waals surface area contributed by atoms with Crippen LogP contribution >= 0.6 is 11.8 Å². The van der Waals surface area contributed by atoms with Crippen LogP contribution < -0.4 is 5.32 Å². The number of carboxylic acids is 1. The number of aliphatic carboxylic acids is 1. The molecule has 1 fully saturated rings. The van der Waals surface area contributed by atoms with Crippen molar-refractivity contribution in [3.8, 4) is 0 Å². The molecule has 0 saturated heterocycles. The van der Waals surface area contributed by atoms with Crippen molar-refractivity contribution < 1.29 is 23.1 Å². The van der Waals surface area contributed by atoms with Gasteiger partial charge in [-0.2, -0.15) is 0 Å². The van der Waals surface area contributed by atoms with Gasteiger partial charge in [0.25, 0.3) is 0 Å². The predicted octanol–water partition coefficient (Wildman–Crippen LogP) is 2.16. The highest BCUT2D eigenvalue weighted by Crippen LogP contribution is 2.49. The van der Waals surface area contributed by atoms with E-state index < -0.39 is 21.2 Å². The van der Waals surface area contributed by atoms with Gasteiger partial charge in [0.05, 0.1) is 11.5 Å². The smallest absolute Gasteiger partial charge is 0.313 e. The second kappa shape index (κ2) is 7.57. The van der Waals surface area contributed by atoms with Crippen LogP contribution in [0, 0.1) is 5.41 Å². The van der Waals surface area contributed by atoms with E-state index in [1.54, 1.807) is 12.1 Å². The summed E-state index contributed by atoms with van der Waals surface area (Å²) in [5.41, 5.74) is 1.17. The third kappa shape index (κ3) is 6.52. The van der Waals surface area contributed by atoms with Crippen LogP contribution in [-0.2, 0) is 25.2 Å². The first-order chi connectivity index (χ1) is 11.2. The fraction of sp³-hybridized carbons (Fsp3) is 0.500. The standard InChI is InChI=1S/C16H21NO5S2/c1-24(21,22)11-16(5-6-16)8-14(18)17-13-4-2-3-12(7-13)9-23-10-15(19)20/h2-4,7H,5-6,8-11H2,1H3,(H,17,18)(H,19,20). The Balaban J connectivity index is 1.89. The minimum Gasteiger partial charge on any atom is -0.481 e. The maximum atomic E-state index is 12.2. The molecule has 0 bridgehead atoms. The van der Waals surface area contributed by atoms with E-state index in [1.807, 2.05) is 12.1 Å². The Hall–Kier alpha value is -1.54. The molecule has 0 atom stereocenters. The topological polar surface area (TPSA) is 101 Å². The third-order valence-electron chi connectivity index (χ3n) is 3.77. The molecule has 24 heavy (non-hydrogen) atoms. The number of carbonyl (C=O) groups excluding carboxylic acids is 1. The van der Waals surface area contributed by atoms with E-state index in [0.29, 0.717) is 11.4 Å². The Labute approximate surface area is 145 Å². The Bertz CT molecular complexity index is 726. The van der Waals surface area contributed by atoms with Gasteiger partial charge in [0.1, 0.15) is 9.84 Å². The van der Waals surface area contributed by atoms with Gasteiger partial charge in [-0.3, -0.25) is 9.59 Å². The Morgan fingerprint density at radius 1 is 1.33 bits per heavy atom. The number of amides is 1. The van der Waals surface area contributed by atoms with E-state index in [0.717, 1.165) is 18.4 Å². The number of thioether (sulfide) groups is 1. The van der Waals surface area contributed by atoms with Gasteiger partial charge < -0.3 is 10.4 Å². The summed E-state index contributed by atoms with van der Waals surface area (Å²) >= 11 is 1.29. The minimum absolute atomic E-state index is 0.0323. The molecule has 0 aromatic heterocycles. The number of anilines is 1. The average Bonchev–Trinajstić information content (AvgIpc) is 3.15. The molecular formula is C16H21NO5S2. The molecule has 1 aliphatic rings. The van der Waals surface area contributed by atoms with Gasteiger partial charge in [-0.05, 0) is 36.0 Å². The zero-order chi connectivity index (χ0) is 17.8. The molecule has 1 aromatic rings. The summed E-state index contributed by atoms with van der Waals surface area (Å²) in [6.07, 6.45) is 2.93. The number of sulfone groups is 1. The molecule has 0 heterocycles. The molecule has 2 N–H and O–H groups in total. The van der Waals surface area contributed by atoms with Gasteiger partial charge in [-0.15, -0.1) is 11.8 Å². The Kier molecular flexibility index (Phi) is 5.92.